The molecule has 2 fully saturated rings. The molecule has 2 bridgehead atoms. The van der Waals surface area contributed by atoms with Crippen LogP contribution in [0.1, 0.15) is 26.2 Å². The van der Waals surface area contributed by atoms with Crippen LogP contribution in [0.5, 0.6) is 0 Å². The van der Waals surface area contributed by atoms with Crippen molar-refractivity contribution in [2.75, 3.05) is 0 Å². The summed E-state index contributed by atoms with van der Waals surface area (Å²) in [6.07, 6.45) is 3.21. The molecule has 2 aliphatic carbocycles. The Labute approximate surface area is 79.4 Å². The molecule has 13 heavy (non-hydrogen) atoms. The van der Waals surface area contributed by atoms with E-state index in [0.29, 0.717) is 17.8 Å². The fourth-order valence-electron chi connectivity index (χ4n) is 3.36. The molecule has 2 nitrogen and oxygen atoms in total. The monoisotopic (exact) mass is 174 g/mol. The Morgan fingerprint density at radius 3 is 2.85 bits per heavy atom. The molecule has 2 rings (SSSR count). The molecule has 5 unspecified atom stereocenters. The van der Waals surface area contributed by atoms with E-state index in [9.17, 15) is 0 Å². The lowest BCUT2D eigenvalue weighted by Crippen LogP contribution is -2.29. The third kappa shape index (κ3) is 1.05. The minimum absolute atomic E-state index is 0.236. The van der Waals surface area contributed by atoms with Crippen LogP contribution in [0.25, 0.3) is 4.85 Å². The quantitative estimate of drug-likeness (QED) is 0.561. The van der Waals surface area contributed by atoms with Crippen molar-refractivity contribution in [1.82, 2.24) is 0 Å². The maximum atomic E-state index is 8.93. The van der Waals surface area contributed by atoms with Gasteiger partial charge in [-0.2, -0.15) is 5.26 Å². The first-order valence-corrected chi connectivity index (χ1v) is 5.08. The number of rotatable bonds is 1. The molecule has 5 atom stereocenters. The zero-order chi connectivity index (χ0) is 9.42. The van der Waals surface area contributed by atoms with Gasteiger partial charge in [-0.3, -0.25) is 0 Å². The van der Waals surface area contributed by atoms with Gasteiger partial charge >= 0.3 is 0 Å². The molecule has 0 spiro atoms. The molecule has 2 saturated carbocycles. The summed E-state index contributed by atoms with van der Waals surface area (Å²) in [7, 11) is 0. The number of nitrogens with zero attached hydrogens (tertiary/aromatic N) is 2. The number of fused-ring (bicyclic) bond motifs is 2. The molecular weight excluding hydrogens is 160 g/mol. The summed E-state index contributed by atoms with van der Waals surface area (Å²) in [5.74, 6) is 1.85. The van der Waals surface area contributed by atoms with Crippen LogP contribution < -0.4 is 0 Å². The molecule has 68 valence electrons. The summed E-state index contributed by atoms with van der Waals surface area (Å²) in [6, 6.07) is 2.64. The fraction of sp³-hybridized carbons (Fsp3) is 0.818. The van der Waals surface area contributed by atoms with Crippen LogP contribution in [0.3, 0.4) is 0 Å². The van der Waals surface area contributed by atoms with E-state index in [1.54, 1.807) is 0 Å². The Bertz CT molecular complexity index is 283. The first-order chi connectivity index (χ1) is 6.31. The molecule has 0 aliphatic heterocycles. The lowest BCUT2D eigenvalue weighted by molar-refractivity contribution is 0.262. The van der Waals surface area contributed by atoms with Gasteiger partial charge in [0, 0.05) is 11.8 Å². The predicted molar refractivity (Wildman–Crippen MR) is 49.5 cm³/mol. The summed E-state index contributed by atoms with van der Waals surface area (Å²) in [4.78, 5) is 3.73. The summed E-state index contributed by atoms with van der Waals surface area (Å²) in [6.45, 7) is 9.30. The first-order valence-electron chi connectivity index (χ1n) is 5.08. The minimum atomic E-state index is 0.236. The molecule has 0 aromatic rings. The predicted octanol–water partition coefficient (Wildman–Crippen LogP) is 2.48. The second kappa shape index (κ2) is 3.04. The van der Waals surface area contributed by atoms with Crippen LogP contribution in [-0.4, -0.2) is 6.04 Å². The van der Waals surface area contributed by atoms with Gasteiger partial charge < -0.3 is 4.85 Å². The van der Waals surface area contributed by atoms with Gasteiger partial charge in [0.2, 0.25) is 6.04 Å². The maximum absolute atomic E-state index is 8.93. The molecule has 0 N–H and O–H groups in total. The van der Waals surface area contributed by atoms with Gasteiger partial charge in [-0.1, -0.05) is 6.92 Å². The normalized spacial score (nSPS) is 47.2. The van der Waals surface area contributed by atoms with Crippen LogP contribution >= 0.6 is 0 Å². The highest BCUT2D eigenvalue weighted by Crippen LogP contribution is 2.53. The zero-order valence-corrected chi connectivity index (χ0v) is 7.90. The topological polar surface area (TPSA) is 28.1 Å². The third-order valence-corrected chi connectivity index (χ3v) is 3.91. The summed E-state index contributed by atoms with van der Waals surface area (Å²) in [5.41, 5.74) is 0. The molecule has 0 aromatic carbocycles. The highest BCUT2D eigenvalue weighted by molar-refractivity contribution is 5.12. The Hall–Kier alpha value is -1.02. The first kappa shape index (κ1) is 8.57. The van der Waals surface area contributed by atoms with E-state index in [2.05, 4.69) is 17.8 Å². The van der Waals surface area contributed by atoms with Crippen molar-refractivity contribution >= 4 is 0 Å². The Balaban J connectivity index is 2.20. The molecule has 2 aliphatic rings. The average Bonchev–Trinajstić information content (AvgIpc) is 2.72. The second-order valence-electron chi connectivity index (χ2n) is 4.32. The van der Waals surface area contributed by atoms with E-state index in [1.807, 2.05) is 0 Å². The SMILES string of the molecule is [C-]#[N+]C1C2CC(C#N)C(C2)C1CC. The van der Waals surface area contributed by atoms with Gasteiger partial charge in [-0.15, -0.1) is 0 Å². The fourth-order valence-corrected chi connectivity index (χ4v) is 3.36. The van der Waals surface area contributed by atoms with Crippen LogP contribution in [0.2, 0.25) is 0 Å². The van der Waals surface area contributed by atoms with Gasteiger partial charge in [-0.05, 0) is 25.2 Å². The van der Waals surface area contributed by atoms with Crippen molar-refractivity contribution in [2.24, 2.45) is 23.7 Å². The van der Waals surface area contributed by atoms with Crippen molar-refractivity contribution in [1.29, 1.82) is 5.26 Å². The third-order valence-electron chi connectivity index (χ3n) is 3.91. The average molecular weight is 174 g/mol. The lowest BCUT2D eigenvalue weighted by Gasteiger charge is -2.24. The standard InChI is InChI=1S/C11H14N2/c1-3-9-10-5-7(11(9)13-2)4-8(10)6-12/h7-11H,3-5H2,1H3. The van der Waals surface area contributed by atoms with Crippen molar-refractivity contribution in [2.45, 2.75) is 32.2 Å². The van der Waals surface area contributed by atoms with E-state index in [4.69, 9.17) is 11.8 Å². The van der Waals surface area contributed by atoms with E-state index in [1.165, 1.54) is 0 Å². The highest BCUT2D eigenvalue weighted by atomic mass is 14.8. The molecular formula is C11H14N2. The smallest absolute Gasteiger partial charge is 0.229 e. The lowest BCUT2D eigenvalue weighted by atomic mass is 9.77. The molecule has 0 amide bonds. The second-order valence-corrected chi connectivity index (χ2v) is 4.32. The summed E-state index contributed by atoms with van der Waals surface area (Å²) >= 11 is 0. The van der Waals surface area contributed by atoms with Crippen molar-refractivity contribution in [3.8, 4) is 6.07 Å². The Kier molecular flexibility index (Phi) is 2.00. The van der Waals surface area contributed by atoms with E-state index < -0.39 is 0 Å². The highest BCUT2D eigenvalue weighted by Gasteiger charge is 2.55. The number of hydrogen-bond donors (Lipinski definition) is 0. The van der Waals surface area contributed by atoms with Gasteiger partial charge in [0.05, 0.1) is 12.0 Å². The van der Waals surface area contributed by atoms with E-state index in [0.717, 1.165) is 19.3 Å². The molecule has 0 heterocycles. The van der Waals surface area contributed by atoms with Crippen molar-refractivity contribution in [3.05, 3.63) is 11.4 Å². The summed E-state index contributed by atoms with van der Waals surface area (Å²) in [5, 5.41) is 8.93. The van der Waals surface area contributed by atoms with Gasteiger partial charge in [0.15, 0.2) is 0 Å². The van der Waals surface area contributed by atoms with Gasteiger partial charge in [-0.25, -0.2) is 6.57 Å². The van der Waals surface area contributed by atoms with Crippen LogP contribution in [-0.2, 0) is 0 Å². The maximum Gasteiger partial charge on any atom is 0.229 e. The molecule has 0 aromatic heterocycles. The van der Waals surface area contributed by atoms with E-state index in [-0.39, 0.29) is 12.0 Å². The zero-order valence-electron chi connectivity index (χ0n) is 7.90. The largest absolute Gasteiger partial charge is 0.313 e. The van der Waals surface area contributed by atoms with Gasteiger partial charge in [0.1, 0.15) is 0 Å². The van der Waals surface area contributed by atoms with Crippen LogP contribution in [0.4, 0.5) is 0 Å². The molecule has 2 heteroatoms. The molecule has 0 saturated heterocycles. The minimum Gasteiger partial charge on any atom is -0.313 e. The van der Waals surface area contributed by atoms with Crippen LogP contribution in [0.15, 0.2) is 0 Å². The van der Waals surface area contributed by atoms with Gasteiger partial charge in [0.25, 0.3) is 0 Å². The van der Waals surface area contributed by atoms with Crippen molar-refractivity contribution in [3.63, 3.8) is 0 Å². The van der Waals surface area contributed by atoms with E-state index >= 15 is 0 Å². The van der Waals surface area contributed by atoms with Crippen LogP contribution in [0, 0.1) is 41.6 Å². The number of hydrogen-bond acceptors (Lipinski definition) is 1. The summed E-state index contributed by atoms with van der Waals surface area (Å²) < 4.78 is 0. The van der Waals surface area contributed by atoms with Crippen molar-refractivity contribution < 1.29 is 0 Å². The Morgan fingerprint density at radius 2 is 2.31 bits per heavy atom. The molecule has 0 radical (unpaired) electrons. The number of nitriles is 1. The Morgan fingerprint density at radius 1 is 1.54 bits per heavy atom.